The number of rotatable bonds is 4. The maximum Gasteiger partial charge on any atom is 0.146 e. The average Bonchev–Trinajstić information content (AvgIpc) is 2.39. The van der Waals surface area contributed by atoms with Gasteiger partial charge in [-0.2, -0.15) is 0 Å². The van der Waals surface area contributed by atoms with Crippen LogP contribution in [-0.4, -0.2) is 11.7 Å². The molecule has 0 amide bonds. The highest BCUT2D eigenvalue weighted by molar-refractivity contribution is 9.10. The zero-order valence-electron chi connectivity index (χ0n) is 9.61. The van der Waals surface area contributed by atoms with Gasteiger partial charge in [-0.15, -0.1) is 0 Å². The summed E-state index contributed by atoms with van der Waals surface area (Å²) in [5.74, 6) is -0.331. The summed E-state index contributed by atoms with van der Waals surface area (Å²) in [5, 5.41) is 12.4. The largest absolute Gasteiger partial charge is 0.394 e. The fourth-order valence-electron chi connectivity index (χ4n) is 1.75. The molecule has 2 aromatic carbocycles. The molecule has 1 atom stereocenters. The van der Waals surface area contributed by atoms with Gasteiger partial charge >= 0.3 is 0 Å². The van der Waals surface area contributed by atoms with Crippen LogP contribution in [0.4, 0.5) is 10.1 Å². The monoisotopic (exact) mass is 309 g/mol. The molecular weight excluding hydrogens is 297 g/mol. The van der Waals surface area contributed by atoms with E-state index in [1.54, 1.807) is 18.2 Å². The number of aliphatic hydroxyl groups is 1. The van der Waals surface area contributed by atoms with Gasteiger partial charge in [0.05, 0.1) is 18.3 Å². The van der Waals surface area contributed by atoms with E-state index in [1.165, 1.54) is 6.07 Å². The summed E-state index contributed by atoms with van der Waals surface area (Å²) in [6.07, 6.45) is 0. The molecule has 94 valence electrons. The summed E-state index contributed by atoms with van der Waals surface area (Å²) >= 11 is 3.42. The van der Waals surface area contributed by atoms with E-state index < -0.39 is 0 Å². The first-order valence-electron chi connectivity index (χ1n) is 5.58. The van der Waals surface area contributed by atoms with Crippen molar-refractivity contribution in [2.45, 2.75) is 6.04 Å². The minimum absolute atomic E-state index is 0.114. The summed E-state index contributed by atoms with van der Waals surface area (Å²) in [6, 6.07) is 13.6. The van der Waals surface area contributed by atoms with Crippen LogP contribution in [0, 0.1) is 5.82 Å². The number of aliphatic hydroxyl groups excluding tert-OH is 1. The quantitative estimate of drug-likeness (QED) is 0.902. The first-order chi connectivity index (χ1) is 8.72. The Kier molecular flexibility index (Phi) is 4.33. The van der Waals surface area contributed by atoms with Gasteiger partial charge in [0.2, 0.25) is 0 Å². The topological polar surface area (TPSA) is 32.3 Å². The average molecular weight is 310 g/mol. The van der Waals surface area contributed by atoms with Gasteiger partial charge in [0, 0.05) is 4.47 Å². The molecule has 0 aromatic heterocycles. The lowest BCUT2D eigenvalue weighted by Crippen LogP contribution is -2.16. The Morgan fingerprint density at radius 3 is 2.44 bits per heavy atom. The lowest BCUT2D eigenvalue weighted by atomic mass is 10.1. The number of hydrogen-bond donors (Lipinski definition) is 2. The summed E-state index contributed by atoms with van der Waals surface area (Å²) in [7, 11) is 0. The van der Waals surface area contributed by atoms with Gasteiger partial charge in [0.15, 0.2) is 0 Å². The minimum Gasteiger partial charge on any atom is -0.394 e. The highest BCUT2D eigenvalue weighted by atomic mass is 79.9. The molecule has 2 N–H and O–H groups in total. The highest BCUT2D eigenvalue weighted by Gasteiger charge is 2.14. The number of hydrogen-bond acceptors (Lipinski definition) is 2. The number of para-hydroxylation sites is 1. The van der Waals surface area contributed by atoms with E-state index in [9.17, 15) is 9.50 Å². The zero-order valence-corrected chi connectivity index (χ0v) is 11.2. The Hall–Kier alpha value is -1.39. The third kappa shape index (κ3) is 2.89. The van der Waals surface area contributed by atoms with Crippen molar-refractivity contribution in [3.8, 4) is 0 Å². The fourth-order valence-corrected chi connectivity index (χ4v) is 2.31. The number of nitrogens with one attached hydrogen (secondary N) is 1. The van der Waals surface area contributed by atoms with Crippen LogP contribution in [0.2, 0.25) is 0 Å². The van der Waals surface area contributed by atoms with Gasteiger partial charge in [0.25, 0.3) is 0 Å². The van der Waals surface area contributed by atoms with E-state index in [0.29, 0.717) is 5.69 Å². The first kappa shape index (κ1) is 13.1. The Bertz CT molecular complexity index is 533. The predicted octanol–water partition coefficient (Wildman–Crippen LogP) is 3.73. The van der Waals surface area contributed by atoms with Crippen molar-refractivity contribution in [3.63, 3.8) is 0 Å². The lowest BCUT2D eigenvalue weighted by molar-refractivity contribution is 0.276. The van der Waals surface area contributed by atoms with Gasteiger partial charge in [-0.3, -0.25) is 0 Å². The molecule has 1 unspecified atom stereocenters. The molecule has 0 heterocycles. The number of anilines is 1. The molecule has 0 aliphatic rings. The third-order valence-electron chi connectivity index (χ3n) is 2.67. The van der Waals surface area contributed by atoms with Crippen molar-refractivity contribution >= 4 is 21.6 Å². The van der Waals surface area contributed by atoms with Crippen LogP contribution < -0.4 is 5.32 Å². The standard InChI is InChI=1S/C14H13BrFNO/c15-11-6-2-1-5-10(11)14(9-18)17-13-8-4-3-7-12(13)16/h1-8,14,17-18H,9H2. The summed E-state index contributed by atoms with van der Waals surface area (Å²) in [4.78, 5) is 0. The van der Waals surface area contributed by atoms with E-state index in [2.05, 4.69) is 21.2 Å². The second-order valence-corrected chi connectivity index (χ2v) is 4.74. The Balaban J connectivity index is 2.26. The van der Waals surface area contributed by atoms with Crippen molar-refractivity contribution in [1.29, 1.82) is 0 Å². The van der Waals surface area contributed by atoms with Crippen molar-refractivity contribution in [2.24, 2.45) is 0 Å². The lowest BCUT2D eigenvalue weighted by Gasteiger charge is -2.19. The van der Waals surface area contributed by atoms with Crippen molar-refractivity contribution in [3.05, 3.63) is 64.4 Å². The van der Waals surface area contributed by atoms with E-state index in [4.69, 9.17) is 0 Å². The molecule has 0 saturated heterocycles. The predicted molar refractivity (Wildman–Crippen MR) is 74.0 cm³/mol. The second kappa shape index (κ2) is 5.98. The molecule has 0 saturated carbocycles. The van der Waals surface area contributed by atoms with Gasteiger partial charge < -0.3 is 10.4 Å². The fraction of sp³-hybridized carbons (Fsp3) is 0.143. The second-order valence-electron chi connectivity index (χ2n) is 3.88. The third-order valence-corrected chi connectivity index (χ3v) is 3.39. The summed E-state index contributed by atoms with van der Waals surface area (Å²) in [5.41, 5.74) is 1.27. The molecule has 18 heavy (non-hydrogen) atoms. The Labute approximate surface area is 114 Å². The van der Waals surface area contributed by atoms with Crippen LogP contribution in [0.1, 0.15) is 11.6 Å². The van der Waals surface area contributed by atoms with Crippen LogP contribution in [0.15, 0.2) is 53.0 Å². The molecule has 0 bridgehead atoms. The maximum absolute atomic E-state index is 13.5. The summed E-state index contributed by atoms with van der Waals surface area (Å²) in [6.45, 7) is -0.114. The molecule has 0 aliphatic carbocycles. The van der Waals surface area contributed by atoms with E-state index in [1.807, 2.05) is 24.3 Å². The summed E-state index contributed by atoms with van der Waals surface area (Å²) < 4.78 is 14.4. The van der Waals surface area contributed by atoms with Crippen LogP contribution in [-0.2, 0) is 0 Å². The molecule has 2 aromatic rings. The highest BCUT2D eigenvalue weighted by Crippen LogP contribution is 2.27. The zero-order chi connectivity index (χ0) is 13.0. The first-order valence-corrected chi connectivity index (χ1v) is 6.38. The minimum atomic E-state index is -0.350. The van der Waals surface area contributed by atoms with E-state index in [0.717, 1.165) is 10.0 Å². The number of halogens is 2. The molecule has 2 nitrogen and oxygen atoms in total. The normalized spacial score (nSPS) is 12.2. The smallest absolute Gasteiger partial charge is 0.146 e. The molecule has 2 rings (SSSR count). The van der Waals surface area contributed by atoms with Gasteiger partial charge in [-0.25, -0.2) is 4.39 Å². The molecule has 0 fully saturated rings. The molecular formula is C14H13BrFNO. The van der Waals surface area contributed by atoms with Crippen molar-refractivity contribution in [1.82, 2.24) is 0 Å². The van der Waals surface area contributed by atoms with Gasteiger partial charge in [0.1, 0.15) is 5.82 Å². The van der Waals surface area contributed by atoms with E-state index >= 15 is 0 Å². The van der Waals surface area contributed by atoms with Crippen molar-refractivity contribution in [2.75, 3.05) is 11.9 Å². The Morgan fingerprint density at radius 2 is 1.78 bits per heavy atom. The van der Waals surface area contributed by atoms with Crippen molar-refractivity contribution < 1.29 is 9.50 Å². The molecule has 0 spiro atoms. The van der Waals surface area contributed by atoms with Crippen LogP contribution in [0.25, 0.3) is 0 Å². The maximum atomic E-state index is 13.5. The van der Waals surface area contributed by atoms with Crippen LogP contribution >= 0.6 is 15.9 Å². The molecule has 0 aliphatic heterocycles. The number of benzene rings is 2. The Morgan fingerprint density at radius 1 is 1.11 bits per heavy atom. The van der Waals surface area contributed by atoms with Crippen LogP contribution in [0.3, 0.4) is 0 Å². The van der Waals surface area contributed by atoms with E-state index in [-0.39, 0.29) is 18.5 Å². The van der Waals surface area contributed by atoms with Gasteiger partial charge in [-0.05, 0) is 23.8 Å². The van der Waals surface area contributed by atoms with Crippen LogP contribution in [0.5, 0.6) is 0 Å². The van der Waals surface area contributed by atoms with Gasteiger partial charge in [-0.1, -0.05) is 46.3 Å². The molecule has 4 heteroatoms. The SMILES string of the molecule is OCC(Nc1ccccc1F)c1ccccc1Br. The molecule has 0 radical (unpaired) electrons.